The highest BCUT2D eigenvalue weighted by Gasteiger charge is 2.34. The summed E-state index contributed by atoms with van der Waals surface area (Å²) in [5.74, 6) is 0.960. The van der Waals surface area contributed by atoms with E-state index >= 15 is 0 Å². The van der Waals surface area contributed by atoms with Gasteiger partial charge in [-0.25, -0.2) is 0 Å². The van der Waals surface area contributed by atoms with Crippen molar-refractivity contribution in [2.24, 2.45) is 5.41 Å². The molecule has 0 atom stereocenters. The van der Waals surface area contributed by atoms with Crippen LogP contribution in [0.5, 0.6) is 5.75 Å². The maximum Gasteiger partial charge on any atom is 0.121 e. The topological polar surface area (TPSA) is 30.5 Å². The Morgan fingerprint density at radius 1 is 1.44 bits per heavy atom. The molecule has 1 aromatic carbocycles. The Labute approximate surface area is 95.8 Å². The van der Waals surface area contributed by atoms with Gasteiger partial charge >= 0.3 is 0 Å². The molecular formula is C13H17NO2. The van der Waals surface area contributed by atoms with Crippen LogP contribution in [0.4, 0.5) is 5.69 Å². The van der Waals surface area contributed by atoms with Gasteiger partial charge in [-0.15, -0.1) is 0 Å². The van der Waals surface area contributed by atoms with Crippen LogP contribution in [0, 0.1) is 5.41 Å². The first-order valence-electron chi connectivity index (χ1n) is 5.83. The van der Waals surface area contributed by atoms with Gasteiger partial charge in [0.2, 0.25) is 0 Å². The van der Waals surface area contributed by atoms with Gasteiger partial charge in [-0.1, -0.05) is 13.0 Å². The number of ether oxygens (including phenoxy) is 2. The van der Waals surface area contributed by atoms with Gasteiger partial charge in [0, 0.05) is 23.7 Å². The van der Waals surface area contributed by atoms with Gasteiger partial charge in [-0.2, -0.15) is 0 Å². The summed E-state index contributed by atoms with van der Waals surface area (Å²) in [6.45, 7) is 5.62. The first-order valence-corrected chi connectivity index (χ1v) is 5.83. The lowest BCUT2D eigenvalue weighted by atomic mass is 9.90. The third-order valence-corrected chi connectivity index (χ3v) is 3.28. The van der Waals surface area contributed by atoms with Crippen molar-refractivity contribution >= 4 is 5.69 Å². The zero-order valence-electron chi connectivity index (χ0n) is 9.58. The van der Waals surface area contributed by atoms with E-state index in [9.17, 15) is 0 Å². The molecule has 0 radical (unpaired) electrons. The molecule has 0 amide bonds. The fraction of sp³-hybridized carbons (Fsp3) is 0.538. The van der Waals surface area contributed by atoms with Crippen molar-refractivity contribution in [1.29, 1.82) is 0 Å². The molecule has 86 valence electrons. The number of benzene rings is 1. The van der Waals surface area contributed by atoms with Crippen molar-refractivity contribution in [3.8, 4) is 5.75 Å². The molecule has 3 rings (SSSR count). The van der Waals surface area contributed by atoms with Crippen LogP contribution < -0.4 is 10.1 Å². The minimum atomic E-state index is 0.215. The molecule has 0 aliphatic carbocycles. The van der Waals surface area contributed by atoms with Crippen LogP contribution in [0.3, 0.4) is 0 Å². The number of rotatable bonds is 3. The SMILES string of the molecule is CC1(COc2ccc3c(c2)NCC3)COC1. The van der Waals surface area contributed by atoms with E-state index in [2.05, 4.69) is 30.4 Å². The summed E-state index contributed by atoms with van der Waals surface area (Å²) >= 11 is 0. The van der Waals surface area contributed by atoms with Crippen molar-refractivity contribution in [1.82, 2.24) is 0 Å². The van der Waals surface area contributed by atoms with E-state index < -0.39 is 0 Å². The predicted molar refractivity (Wildman–Crippen MR) is 63.1 cm³/mol. The van der Waals surface area contributed by atoms with Crippen LogP contribution in [0.2, 0.25) is 0 Å². The fourth-order valence-corrected chi connectivity index (χ4v) is 2.15. The smallest absolute Gasteiger partial charge is 0.121 e. The molecule has 3 heteroatoms. The Bertz CT molecular complexity index is 399. The number of anilines is 1. The molecule has 2 aliphatic rings. The highest BCUT2D eigenvalue weighted by Crippen LogP contribution is 2.30. The molecule has 0 bridgehead atoms. The summed E-state index contributed by atoms with van der Waals surface area (Å²) < 4.78 is 11.0. The van der Waals surface area contributed by atoms with Crippen LogP contribution in [0.25, 0.3) is 0 Å². The first kappa shape index (κ1) is 9.97. The van der Waals surface area contributed by atoms with Crippen LogP contribution in [-0.2, 0) is 11.2 Å². The van der Waals surface area contributed by atoms with Crippen molar-refractivity contribution in [3.63, 3.8) is 0 Å². The van der Waals surface area contributed by atoms with Gasteiger partial charge in [0.15, 0.2) is 0 Å². The summed E-state index contributed by atoms with van der Waals surface area (Å²) in [5.41, 5.74) is 2.84. The lowest BCUT2D eigenvalue weighted by Gasteiger charge is -2.37. The minimum absolute atomic E-state index is 0.215. The largest absolute Gasteiger partial charge is 0.493 e. The minimum Gasteiger partial charge on any atom is -0.493 e. The molecule has 1 aromatic rings. The third kappa shape index (κ3) is 1.76. The van der Waals surface area contributed by atoms with Crippen LogP contribution in [0.15, 0.2) is 18.2 Å². The van der Waals surface area contributed by atoms with Gasteiger partial charge < -0.3 is 14.8 Å². The quantitative estimate of drug-likeness (QED) is 0.844. The Balaban J connectivity index is 1.66. The number of hydrogen-bond donors (Lipinski definition) is 1. The van der Waals surface area contributed by atoms with Gasteiger partial charge in [-0.05, 0) is 18.1 Å². The molecule has 16 heavy (non-hydrogen) atoms. The standard InChI is InChI=1S/C13H17NO2/c1-13(7-15-8-13)9-16-11-3-2-10-4-5-14-12(10)6-11/h2-3,6,14H,4-5,7-9H2,1H3. The Morgan fingerprint density at radius 2 is 2.31 bits per heavy atom. The number of hydrogen-bond acceptors (Lipinski definition) is 3. The summed E-state index contributed by atoms with van der Waals surface area (Å²) in [5, 5.41) is 3.36. The van der Waals surface area contributed by atoms with Gasteiger partial charge in [0.1, 0.15) is 5.75 Å². The summed E-state index contributed by atoms with van der Waals surface area (Å²) in [7, 11) is 0. The van der Waals surface area contributed by atoms with E-state index in [-0.39, 0.29) is 5.41 Å². The maximum absolute atomic E-state index is 5.82. The van der Waals surface area contributed by atoms with Crippen molar-refractivity contribution in [2.75, 3.05) is 31.7 Å². The second kappa shape index (κ2) is 3.67. The lowest BCUT2D eigenvalue weighted by molar-refractivity contribution is -0.120. The van der Waals surface area contributed by atoms with E-state index in [0.29, 0.717) is 0 Å². The Morgan fingerprint density at radius 3 is 3.06 bits per heavy atom. The van der Waals surface area contributed by atoms with Crippen LogP contribution in [-0.4, -0.2) is 26.4 Å². The fourth-order valence-electron chi connectivity index (χ4n) is 2.15. The van der Waals surface area contributed by atoms with E-state index in [1.165, 1.54) is 11.3 Å². The van der Waals surface area contributed by atoms with E-state index in [1.54, 1.807) is 0 Å². The number of nitrogens with one attached hydrogen (secondary N) is 1. The zero-order valence-corrected chi connectivity index (χ0v) is 9.58. The summed E-state index contributed by atoms with van der Waals surface area (Å²) in [6, 6.07) is 6.32. The molecule has 2 heterocycles. The molecule has 1 N–H and O–H groups in total. The lowest BCUT2D eigenvalue weighted by Crippen LogP contribution is -2.44. The number of fused-ring (bicyclic) bond motifs is 1. The molecule has 0 unspecified atom stereocenters. The zero-order chi connectivity index (χ0) is 11.0. The van der Waals surface area contributed by atoms with Crippen molar-refractivity contribution in [3.05, 3.63) is 23.8 Å². The third-order valence-electron chi connectivity index (χ3n) is 3.28. The summed E-state index contributed by atoms with van der Waals surface area (Å²) in [6.07, 6.45) is 1.13. The van der Waals surface area contributed by atoms with Gasteiger partial charge in [-0.3, -0.25) is 0 Å². The van der Waals surface area contributed by atoms with Crippen LogP contribution >= 0.6 is 0 Å². The van der Waals surface area contributed by atoms with Gasteiger partial charge in [0.25, 0.3) is 0 Å². The predicted octanol–water partition coefficient (Wildman–Crippen LogP) is 2.07. The molecule has 0 spiro atoms. The Kier molecular flexibility index (Phi) is 2.28. The Hall–Kier alpha value is -1.22. The molecule has 1 fully saturated rings. The second-order valence-electron chi connectivity index (χ2n) is 5.09. The highest BCUT2D eigenvalue weighted by molar-refractivity contribution is 5.58. The first-order chi connectivity index (χ1) is 7.75. The van der Waals surface area contributed by atoms with Crippen molar-refractivity contribution < 1.29 is 9.47 Å². The van der Waals surface area contributed by atoms with Crippen molar-refractivity contribution in [2.45, 2.75) is 13.3 Å². The van der Waals surface area contributed by atoms with Gasteiger partial charge in [0.05, 0.1) is 19.8 Å². The molecule has 3 nitrogen and oxygen atoms in total. The molecular weight excluding hydrogens is 202 g/mol. The van der Waals surface area contributed by atoms with E-state index in [4.69, 9.17) is 9.47 Å². The monoisotopic (exact) mass is 219 g/mol. The molecule has 0 saturated carbocycles. The average molecular weight is 219 g/mol. The maximum atomic E-state index is 5.82. The van der Waals surface area contributed by atoms with E-state index in [1.807, 2.05) is 0 Å². The summed E-state index contributed by atoms with van der Waals surface area (Å²) in [4.78, 5) is 0. The normalized spacial score (nSPS) is 20.8. The molecule has 2 aliphatic heterocycles. The average Bonchev–Trinajstić information content (AvgIpc) is 2.70. The van der Waals surface area contributed by atoms with E-state index in [0.717, 1.165) is 38.5 Å². The molecule has 1 saturated heterocycles. The second-order valence-corrected chi connectivity index (χ2v) is 5.09. The van der Waals surface area contributed by atoms with Crippen LogP contribution in [0.1, 0.15) is 12.5 Å². The molecule has 0 aromatic heterocycles. The highest BCUT2D eigenvalue weighted by atomic mass is 16.5.